The maximum absolute atomic E-state index is 12.3. The molecule has 2 aromatic rings. The quantitative estimate of drug-likeness (QED) is 0.798. The van der Waals surface area contributed by atoms with Crippen LogP contribution in [0.2, 0.25) is 0 Å². The van der Waals surface area contributed by atoms with E-state index in [1.54, 1.807) is 17.8 Å². The number of esters is 1. The lowest BCUT2D eigenvalue weighted by molar-refractivity contribution is -0.136. The van der Waals surface area contributed by atoms with Crippen LogP contribution in [0.1, 0.15) is 9.67 Å². The van der Waals surface area contributed by atoms with Crippen molar-refractivity contribution < 1.29 is 14.3 Å². The molecule has 0 spiro atoms. The zero-order valence-corrected chi connectivity index (χ0v) is 14.6. The highest BCUT2D eigenvalue weighted by atomic mass is 32.2. The second-order valence-electron chi connectivity index (χ2n) is 5.04. The third-order valence-electron chi connectivity index (χ3n) is 3.49. The first-order valence-electron chi connectivity index (χ1n) is 7.28. The van der Waals surface area contributed by atoms with Crippen molar-refractivity contribution in [3.05, 3.63) is 57.9 Å². The van der Waals surface area contributed by atoms with Crippen LogP contribution in [0.5, 0.6) is 0 Å². The molecule has 1 aromatic carbocycles. The zero-order chi connectivity index (χ0) is 16.9. The molecule has 124 valence electrons. The number of thioether (sulfide) groups is 1. The van der Waals surface area contributed by atoms with E-state index in [0.717, 1.165) is 11.4 Å². The Bertz CT molecular complexity index is 785. The minimum atomic E-state index is -0.317. The fourth-order valence-corrected chi connectivity index (χ4v) is 3.97. The molecule has 0 atom stereocenters. The molecule has 0 fully saturated rings. The Morgan fingerprint density at radius 3 is 2.58 bits per heavy atom. The van der Waals surface area contributed by atoms with Crippen molar-refractivity contribution >= 4 is 46.3 Å². The van der Waals surface area contributed by atoms with Gasteiger partial charge in [0.15, 0.2) is 0 Å². The predicted molar refractivity (Wildman–Crippen MR) is 98.7 cm³/mol. The lowest BCUT2D eigenvalue weighted by Gasteiger charge is -2.14. The number of methoxy groups -OCH3 is 1. The van der Waals surface area contributed by atoms with Crippen LogP contribution in [0.25, 0.3) is 0 Å². The summed E-state index contributed by atoms with van der Waals surface area (Å²) in [6, 6.07) is 11.1. The van der Waals surface area contributed by atoms with Crippen molar-refractivity contribution in [3.63, 3.8) is 0 Å². The summed E-state index contributed by atoms with van der Waals surface area (Å²) in [6.07, 6.45) is 0. The molecule has 2 heterocycles. The first-order chi connectivity index (χ1) is 11.7. The molecular formula is C17H16N2O3S2. The number of para-hydroxylation sites is 2. The van der Waals surface area contributed by atoms with Gasteiger partial charge in [0.2, 0.25) is 0 Å². The Balaban J connectivity index is 1.82. The van der Waals surface area contributed by atoms with E-state index >= 15 is 0 Å². The van der Waals surface area contributed by atoms with Gasteiger partial charge in [-0.15, -0.1) is 11.3 Å². The second-order valence-corrected chi connectivity index (χ2v) is 6.98. The molecule has 5 nitrogen and oxygen atoms in total. The zero-order valence-electron chi connectivity index (χ0n) is 13.0. The highest BCUT2D eigenvalue weighted by Crippen LogP contribution is 2.30. The minimum absolute atomic E-state index is 0.151. The van der Waals surface area contributed by atoms with Gasteiger partial charge in [0.25, 0.3) is 5.91 Å². The number of anilines is 2. The van der Waals surface area contributed by atoms with Crippen molar-refractivity contribution in [2.24, 2.45) is 0 Å². The summed E-state index contributed by atoms with van der Waals surface area (Å²) in [6.45, 7) is 0. The van der Waals surface area contributed by atoms with E-state index in [1.165, 1.54) is 18.4 Å². The second kappa shape index (κ2) is 7.55. The number of hydrogen-bond acceptors (Lipinski definition) is 6. The number of hydrogen-bond donors (Lipinski definition) is 2. The lowest BCUT2D eigenvalue weighted by atomic mass is 10.2. The maximum atomic E-state index is 12.3. The fraction of sp³-hybridized carbons (Fsp3) is 0.176. The van der Waals surface area contributed by atoms with Gasteiger partial charge in [-0.1, -0.05) is 18.2 Å². The topological polar surface area (TPSA) is 67.4 Å². The van der Waals surface area contributed by atoms with Crippen LogP contribution in [0.3, 0.4) is 0 Å². The summed E-state index contributed by atoms with van der Waals surface area (Å²) < 4.78 is 4.83. The average Bonchev–Trinajstić information content (AvgIpc) is 3.27. The van der Waals surface area contributed by atoms with Gasteiger partial charge in [0.05, 0.1) is 28.9 Å². The standard InChI is InChI=1S/C17H16N2O3S2/c1-22-17(21)11-9-23-10-14(11)18-12-5-2-3-6-13(12)19-16(20)15-7-4-8-24-15/h2-8,18H,9-10H2,1H3,(H,19,20). The smallest absolute Gasteiger partial charge is 0.336 e. The molecule has 1 amide bonds. The highest BCUT2D eigenvalue weighted by molar-refractivity contribution is 8.00. The van der Waals surface area contributed by atoms with Crippen LogP contribution in [-0.2, 0) is 9.53 Å². The average molecular weight is 360 g/mol. The molecule has 0 unspecified atom stereocenters. The van der Waals surface area contributed by atoms with E-state index in [4.69, 9.17) is 4.74 Å². The molecule has 24 heavy (non-hydrogen) atoms. The lowest BCUT2D eigenvalue weighted by Crippen LogP contribution is -2.14. The van der Waals surface area contributed by atoms with Crippen molar-refractivity contribution in [1.29, 1.82) is 0 Å². The van der Waals surface area contributed by atoms with Crippen LogP contribution < -0.4 is 10.6 Å². The first-order valence-corrected chi connectivity index (χ1v) is 9.31. The van der Waals surface area contributed by atoms with Gasteiger partial charge in [-0.25, -0.2) is 4.79 Å². The number of rotatable bonds is 5. The fourth-order valence-electron chi connectivity index (χ4n) is 2.30. The molecule has 0 saturated carbocycles. The number of carbonyl (C=O) groups excluding carboxylic acids is 2. The van der Waals surface area contributed by atoms with Crippen LogP contribution in [-0.4, -0.2) is 30.5 Å². The molecule has 0 radical (unpaired) electrons. The molecule has 2 N–H and O–H groups in total. The Morgan fingerprint density at radius 2 is 1.88 bits per heavy atom. The van der Waals surface area contributed by atoms with E-state index in [2.05, 4.69) is 10.6 Å². The van der Waals surface area contributed by atoms with E-state index in [-0.39, 0.29) is 11.9 Å². The number of carbonyl (C=O) groups is 2. The number of amides is 1. The normalized spacial score (nSPS) is 13.7. The minimum Gasteiger partial charge on any atom is -0.466 e. The summed E-state index contributed by atoms with van der Waals surface area (Å²) in [5, 5.41) is 8.04. The molecule has 1 aromatic heterocycles. The van der Waals surface area contributed by atoms with Gasteiger partial charge in [-0.3, -0.25) is 4.79 Å². The summed E-state index contributed by atoms with van der Waals surface area (Å²) in [5.41, 5.74) is 2.89. The number of nitrogens with one attached hydrogen (secondary N) is 2. The largest absolute Gasteiger partial charge is 0.466 e. The first kappa shape index (κ1) is 16.6. The highest BCUT2D eigenvalue weighted by Gasteiger charge is 2.22. The molecule has 7 heteroatoms. The third-order valence-corrected chi connectivity index (χ3v) is 5.35. The van der Waals surface area contributed by atoms with Gasteiger partial charge in [-0.2, -0.15) is 11.8 Å². The molecular weight excluding hydrogens is 344 g/mol. The Labute approximate surface area is 148 Å². The monoisotopic (exact) mass is 360 g/mol. The number of thiophene rings is 1. The van der Waals surface area contributed by atoms with Gasteiger partial charge in [0, 0.05) is 17.2 Å². The molecule has 3 rings (SSSR count). The summed E-state index contributed by atoms with van der Waals surface area (Å²) in [7, 11) is 1.38. The molecule has 1 aliphatic heterocycles. The van der Waals surface area contributed by atoms with E-state index in [0.29, 0.717) is 27.6 Å². The van der Waals surface area contributed by atoms with E-state index in [1.807, 2.05) is 35.7 Å². The SMILES string of the molecule is COC(=O)C1=C(Nc2ccccc2NC(=O)c2cccs2)CSC1. The van der Waals surface area contributed by atoms with Crippen molar-refractivity contribution in [3.8, 4) is 0 Å². The predicted octanol–water partition coefficient (Wildman–Crippen LogP) is 3.59. The van der Waals surface area contributed by atoms with E-state index < -0.39 is 0 Å². The van der Waals surface area contributed by atoms with Gasteiger partial charge < -0.3 is 15.4 Å². The van der Waals surface area contributed by atoms with Gasteiger partial charge in [0.1, 0.15) is 0 Å². The van der Waals surface area contributed by atoms with E-state index in [9.17, 15) is 9.59 Å². The van der Waals surface area contributed by atoms with Crippen LogP contribution in [0.4, 0.5) is 11.4 Å². The molecule has 0 saturated heterocycles. The Morgan fingerprint density at radius 1 is 1.08 bits per heavy atom. The molecule has 0 bridgehead atoms. The van der Waals surface area contributed by atoms with Crippen LogP contribution in [0.15, 0.2) is 53.0 Å². The summed E-state index contributed by atoms with van der Waals surface area (Å²) >= 11 is 3.04. The Hall–Kier alpha value is -2.25. The van der Waals surface area contributed by atoms with Crippen molar-refractivity contribution in [2.45, 2.75) is 0 Å². The number of ether oxygens (including phenoxy) is 1. The van der Waals surface area contributed by atoms with Crippen molar-refractivity contribution in [1.82, 2.24) is 0 Å². The van der Waals surface area contributed by atoms with Crippen LogP contribution >= 0.6 is 23.1 Å². The van der Waals surface area contributed by atoms with Gasteiger partial charge >= 0.3 is 5.97 Å². The molecule has 1 aliphatic rings. The van der Waals surface area contributed by atoms with Crippen molar-refractivity contribution in [2.75, 3.05) is 29.2 Å². The summed E-state index contributed by atoms with van der Waals surface area (Å²) in [5.74, 6) is 0.862. The maximum Gasteiger partial charge on any atom is 0.336 e. The number of benzene rings is 1. The Kier molecular flexibility index (Phi) is 5.22. The summed E-state index contributed by atoms with van der Waals surface area (Å²) in [4.78, 5) is 24.7. The molecule has 0 aliphatic carbocycles. The third kappa shape index (κ3) is 3.63. The van der Waals surface area contributed by atoms with Gasteiger partial charge in [-0.05, 0) is 23.6 Å². The van der Waals surface area contributed by atoms with Crippen LogP contribution in [0, 0.1) is 0 Å².